The van der Waals surface area contributed by atoms with Crippen molar-refractivity contribution in [3.05, 3.63) is 59.7 Å². The summed E-state index contributed by atoms with van der Waals surface area (Å²) in [7, 11) is -3.83. The molecule has 0 N–H and O–H groups in total. The quantitative estimate of drug-likeness (QED) is 0.280. The van der Waals surface area contributed by atoms with Gasteiger partial charge in [-0.2, -0.15) is 21.6 Å². The summed E-state index contributed by atoms with van der Waals surface area (Å²) in [4.78, 5) is 0.688. The molecule has 0 bridgehead atoms. The zero-order chi connectivity index (χ0) is 19.2. The first kappa shape index (κ1) is 20.8. The Morgan fingerprint density at radius 1 is 0.962 bits per heavy atom. The van der Waals surface area contributed by atoms with Crippen molar-refractivity contribution in [2.75, 3.05) is 19.2 Å². The van der Waals surface area contributed by atoms with Gasteiger partial charge in [-0.3, -0.25) is 4.18 Å². The van der Waals surface area contributed by atoms with Gasteiger partial charge in [0.05, 0.1) is 29.6 Å². The smallest absolute Gasteiger partial charge is 0.368 e. The van der Waals surface area contributed by atoms with Crippen LogP contribution in [0.15, 0.2) is 58.3 Å². The summed E-state index contributed by atoms with van der Waals surface area (Å²) < 4.78 is 71.3. The fraction of sp³-hybridized carbons (Fsp3) is 0.294. The van der Waals surface area contributed by atoms with Gasteiger partial charge in [0, 0.05) is 4.90 Å². The standard InChI is InChI=1S/C17H17F3O4S2/c1-13-2-8-16(9-3-13)26(21,22)24-11-10-23-12-25-15-6-4-14(5-7-15)17(18,19)20/h2-9H,10-12H2,1H3. The molecule has 0 heterocycles. The van der Waals surface area contributed by atoms with E-state index in [0.717, 1.165) is 17.7 Å². The van der Waals surface area contributed by atoms with E-state index in [4.69, 9.17) is 8.92 Å². The molecule has 0 aliphatic carbocycles. The molecule has 9 heteroatoms. The molecule has 0 atom stereocenters. The molecule has 0 radical (unpaired) electrons. The van der Waals surface area contributed by atoms with Crippen molar-refractivity contribution in [2.45, 2.75) is 22.9 Å². The van der Waals surface area contributed by atoms with Crippen LogP contribution in [0, 0.1) is 6.92 Å². The van der Waals surface area contributed by atoms with Gasteiger partial charge in [-0.1, -0.05) is 29.5 Å². The summed E-state index contributed by atoms with van der Waals surface area (Å²) in [5.41, 5.74) is 0.227. The van der Waals surface area contributed by atoms with Crippen molar-refractivity contribution in [1.82, 2.24) is 0 Å². The van der Waals surface area contributed by atoms with Crippen LogP contribution >= 0.6 is 11.8 Å². The monoisotopic (exact) mass is 406 g/mol. The van der Waals surface area contributed by atoms with Gasteiger partial charge in [0.15, 0.2) is 0 Å². The molecule has 2 aromatic rings. The van der Waals surface area contributed by atoms with E-state index < -0.39 is 21.9 Å². The van der Waals surface area contributed by atoms with E-state index in [-0.39, 0.29) is 24.0 Å². The van der Waals surface area contributed by atoms with Crippen molar-refractivity contribution < 1.29 is 30.5 Å². The first-order valence-corrected chi connectivity index (χ1v) is 9.92. The molecular formula is C17H17F3O4S2. The van der Waals surface area contributed by atoms with Crippen molar-refractivity contribution in [3.8, 4) is 0 Å². The maximum Gasteiger partial charge on any atom is 0.416 e. The summed E-state index contributed by atoms with van der Waals surface area (Å²) >= 11 is 1.20. The van der Waals surface area contributed by atoms with Gasteiger partial charge in [-0.15, -0.1) is 0 Å². The summed E-state index contributed by atoms with van der Waals surface area (Å²) in [6.07, 6.45) is -4.36. The molecule has 0 spiro atoms. The maximum absolute atomic E-state index is 12.5. The van der Waals surface area contributed by atoms with E-state index in [0.29, 0.717) is 4.90 Å². The van der Waals surface area contributed by atoms with Crippen molar-refractivity contribution in [1.29, 1.82) is 0 Å². The highest BCUT2D eigenvalue weighted by Gasteiger charge is 2.29. The first-order chi connectivity index (χ1) is 12.2. The second kappa shape index (κ2) is 8.90. The molecule has 2 aromatic carbocycles. The number of ether oxygens (including phenoxy) is 1. The average Bonchev–Trinajstić information content (AvgIpc) is 2.58. The second-order valence-electron chi connectivity index (χ2n) is 5.28. The fourth-order valence-electron chi connectivity index (χ4n) is 1.88. The van der Waals surface area contributed by atoms with E-state index >= 15 is 0 Å². The minimum Gasteiger partial charge on any atom is -0.368 e. The lowest BCUT2D eigenvalue weighted by Crippen LogP contribution is -2.11. The van der Waals surface area contributed by atoms with Crippen molar-refractivity contribution >= 4 is 21.9 Å². The Morgan fingerprint density at radius 2 is 1.58 bits per heavy atom. The first-order valence-electron chi connectivity index (χ1n) is 7.52. The van der Waals surface area contributed by atoms with Gasteiger partial charge >= 0.3 is 6.18 Å². The van der Waals surface area contributed by atoms with Gasteiger partial charge in [0.1, 0.15) is 0 Å². The third kappa shape index (κ3) is 6.31. The number of hydrogen-bond acceptors (Lipinski definition) is 5. The summed E-state index contributed by atoms with van der Waals surface area (Å²) in [6, 6.07) is 11.0. The molecule has 0 amide bonds. The highest BCUT2D eigenvalue weighted by Crippen LogP contribution is 2.30. The van der Waals surface area contributed by atoms with E-state index in [2.05, 4.69) is 0 Å². The normalized spacial score (nSPS) is 12.3. The lowest BCUT2D eigenvalue weighted by molar-refractivity contribution is -0.137. The maximum atomic E-state index is 12.5. The Bertz CT molecular complexity index is 801. The SMILES string of the molecule is Cc1ccc(S(=O)(=O)OCCOCSc2ccc(C(F)(F)F)cc2)cc1. The van der Waals surface area contributed by atoms with Crippen LogP contribution < -0.4 is 0 Å². The largest absolute Gasteiger partial charge is 0.416 e. The lowest BCUT2D eigenvalue weighted by Gasteiger charge is -2.08. The molecule has 2 rings (SSSR count). The molecule has 142 valence electrons. The average molecular weight is 406 g/mol. The predicted octanol–water partition coefficient (Wildman–Crippen LogP) is 4.49. The topological polar surface area (TPSA) is 52.6 Å². The Balaban J connectivity index is 1.70. The number of halogens is 3. The Labute approximate surface area is 154 Å². The molecule has 0 aliphatic rings. The number of benzene rings is 2. The van der Waals surface area contributed by atoms with Gasteiger partial charge in [-0.05, 0) is 43.3 Å². The third-order valence-corrected chi connectivity index (χ3v) is 5.48. The van der Waals surface area contributed by atoms with Gasteiger partial charge < -0.3 is 4.74 Å². The van der Waals surface area contributed by atoms with Crippen LogP contribution in [0.3, 0.4) is 0 Å². The van der Waals surface area contributed by atoms with Crippen LogP contribution in [0.25, 0.3) is 0 Å². The molecule has 0 fully saturated rings. The molecule has 0 saturated carbocycles. The summed E-state index contributed by atoms with van der Waals surface area (Å²) in [5.74, 6) is 0.166. The number of rotatable bonds is 8. The summed E-state index contributed by atoms with van der Waals surface area (Å²) in [6.45, 7) is 1.74. The van der Waals surface area contributed by atoms with Crippen LogP contribution in [0.1, 0.15) is 11.1 Å². The minimum absolute atomic E-state index is 0.0404. The van der Waals surface area contributed by atoms with Crippen LogP contribution in [0.5, 0.6) is 0 Å². The number of aryl methyl sites for hydroxylation is 1. The molecule has 0 aliphatic heterocycles. The Hall–Kier alpha value is -1.55. The second-order valence-corrected chi connectivity index (χ2v) is 7.89. The van der Waals surface area contributed by atoms with Crippen LogP contribution in [-0.4, -0.2) is 27.6 Å². The Kier molecular flexibility index (Phi) is 7.10. The highest BCUT2D eigenvalue weighted by atomic mass is 32.2. The van der Waals surface area contributed by atoms with Gasteiger partial charge in [0.25, 0.3) is 10.1 Å². The van der Waals surface area contributed by atoms with E-state index in [1.54, 1.807) is 12.1 Å². The van der Waals surface area contributed by atoms with Crippen LogP contribution in [-0.2, 0) is 25.2 Å². The third-order valence-electron chi connectivity index (χ3n) is 3.27. The molecular weight excluding hydrogens is 389 g/mol. The summed E-state index contributed by atoms with van der Waals surface area (Å²) in [5, 5.41) is 0. The zero-order valence-corrected chi connectivity index (χ0v) is 15.5. The van der Waals surface area contributed by atoms with Gasteiger partial charge in [0.2, 0.25) is 0 Å². The zero-order valence-electron chi connectivity index (χ0n) is 13.8. The molecule has 0 aromatic heterocycles. The minimum atomic E-state index is -4.36. The van der Waals surface area contributed by atoms with E-state index in [1.165, 1.54) is 36.0 Å². The number of alkyl halides is 3. The van der Waals surface area contributed by atoms with E-state index in [9.17, 15) is 21.6 Å². The fourth-order valence-corrected chi connectivity index (χ4v) is 3.44. The number of hydrogen-bond donors (Lipinski definition) is 0. The number of thioether (sulfide) groups is 1. The Morgan fingerprint density at radius 3 is 2.15 bits per heavy atom. The van der Waals surface area contributed by atoms with Gasteiger partial charge in [-0.25, -0.2) is 0 Å². The van der Waals surface area contributed by atoms with Crippen molar-refractivity contribution in [2.24, 2.45) is 0 Å². The highest BCUT2D eigenvalue weighted by molar-refractivity contribution is 7.99. The molecule has 0 unspecified atom stereocenters. The van der Waals surface area contributed by atoms with Crippen molar-refractivity contribution in [3.63, 3.8) is 0 Å². The lowest BCUT2D eigenvalue weighted by atomic mass is 10.2. The molecule has 26 heavy (non-hydrogen) atoms. The van der Waals surface area contributed by atoms with Crippen LogP contribution in [0.4, 0.5) is 13.2 Å². The predicted molar refractivity (Wildman–Crippen MR) is 92.4 cm³/mol. The molecule has 0 saturated heterocycles. The molecule has 4 nitrogen and oxygen atoms in total. The van der Waals surface area contributed by atoms with E-state index in [1.807, 2.05) is 6.92 Å². The van der Waals surface area contributed by atoms with Crippen LogP contribution in [0.2, 0.25) is 0 Å².